The Balaban J connectivity index is 2.34. The zero-order valence-corrected chi connectivity index (χ0v) is 12.2. The number of benzene rings is 2. The van der Waals surface area contributed by atoms with Gasteiger partial charge in [0, 0.05) is 17.2 Å². The monoisotopic (exact) mass is 308 g/mol. The summed E-state index contributed by atoms with van der Waals surface area (Å²) in [4.78, 5) is 11.0. The van der Waals surface area contributed by atoms with Gasteiger partial charge in [0.25, 0.3) is 0 Å². The summed E-state index contributed by atoms with van der Waals surface area (Å²) in [5.74, 6) is 0.517. The summed E-state index contributed by atoms with van der Waals surface area (Å²) < 4.78 is 15.9. The van der Waals surface area contributed by atoms with Gasteiger partial charge in [-0.3, -0.25) is 0 Å². The molecule has 0 spiro atoms. The zero-order chi connectivity index (χ0) is 15.4. The first-order chi connectivity index (χ1) is 10.0. The number of rotatable bonds is 5. The lowest BCUT2D eigenvalue weighted by molar-refractivity contribution is 0.0693. The van der Waals surface area contributed by atoms with Crippen molar-refractivity contribution in [2.45, 2.75) is 0 Å². The Labute approximate surface area is 126 Å². The Kier molecular flexibility index (Phi) is 4.55. The first-order valence-corrected chi connectivity index (χ1v) is 6.35. The number of carbonyl (C=O) groups is 1. The van der Waals surface area contributed by atoms with Gasteiger partial charge in [-0.05, 0) is 24.3 Å². The Morgan fingerprint density at radius 2 is 1.71 bits per heavy atom. The third kappa shape index (κ3) is 3.38. The topological polar surface area (TPSA) is 65.0 Å². The Bertz CT molecular complexity index is 669. The number of carboxylic acid groups (broad SMARTS) is 1. The SMILES string of the molecule is COc1cc(Cl)ccc1Oc1ccc(C(=O)O)c(OC)c1. The molecule has 1 N–H and O–H groups in total. The standard InChI is InChI=1S/C15H13ClO5/c1-19-13-8-10(4-5-11(13)15(17)18)21-12-6-3-9(16)7-14(12)20-2/h3-8H,1-2H3,(H,17,18). The summed E-state index contributed by atoms with van der Waals surface area (Å²) in [7, 11) is 2.90. The summed E-state index contributed by atoms with van der Waals surface area (Å²) in [6.45, 7) is 0. The van der Waals surface area contributed by atoms with Gasteiger partial charge in [-0.2, -0.15) is 0 Å². The van der Waals surface area contributed by atoms with Crippen LogP contribution >= 0.6 is 11.6 Å². The van der Waals surface area contributed by atoms with Crippen LogP contribution in [0.25, 0.3) is 0 Å². The Hall–Kier alpha value is -2.40. The minimum Gasteiger partial charge on any atom is -0.496 e. The van der Waals surface area contributed by atoms with Crippen LogP contribution < -0.4 is 14.2 Å². The molecule has 0 fully saturated rings. The normalized spacial score (nSPS) is 10.0. The lowest BCUT2D eigenvalue weighted by Gasteiger charge is -2.12. The van der Waals surface area contributed by atoms with Crippen molar-refractivity contribution < 1.29 is 24.1 Å². The quantitative estimate of drug-likeness (QED) is 0.909. The molecule has 0 saturated carbocycles. The van der Waals surface area contributed by atoms with E-state index >= 15 is 0 Å². The van der Waals surface area contributed by atoms with E-state index in [4.69, 9.17) is 30.9 Å². The molecular weight excluding hydrogens is 296 g/mol. The van der Waals surface area contributed by atoms with Gasteiger partial charge in [-0.15, -0.1) is 0 Å². The highest BCUT2D eigenvalue weighted by molar-refractivity contribution is 6.30. The Morgan fingerprint density at radius 1 is 1.00 bits per heavy atom. The fourth-order valence-electron chi connectivity index (χ4n) is 1.76. The van der Waals surface area contributed by atoms with E-state index in [1.54, 1.807) is 24.3 Å². The van der Waals surface area contributed by atoms with E-state index in [0.717, 1.165) is 0 Å². The first-order valence-electron chi connectivity index (χ1n) is 5.98. The summed E-state index contributed by atoms with van der Waals surface area (Å²) in [6.07, 6.45) is 0. The first kappa shape index (κ1) is 15.0. The number of carboxylic acids is 1. The second-order valence-electron chi connectivity index (χ2n) is 4.06. The van der Waals surface area contributed by atoms with Gasteiger partial charge in [0.1, 0.15) is 17.1 Å². The molecule has 6 heteroatoms. The number of halogens is 1. The summed E-state index contributed by atoms with van der Waals surface area (Å²) in [6, 6.07) is 9.41. The van der Waals surface area contributed by atoms with Gasteiger partial charge in [0.2, 0.25) is 0 Å². The minimum atomic E-state index is -1.07. The third-order valence-electron chi connectivity index (χ3n) is 2.76. The summed E-state index contributed by atoms with van der Waals surface area (Å²) >= 11 is 5.88. The molecule has 0 aliphatic heterocycles. The molecule has 0 aliphatic carbocycles. The molecule has 0 radical (unpaired) electrons. The zero-order valence-electron chi connectivity index (χ0n) is 11.4. The van der Waals surface area contributed by atoms with E-state index < -0.39 is 5.97 Å². The van der Waals surface area contributed by atoms with Gasteiger partial charge >= 0.3 is 5.97 Å². The predicted molar refractivity (Wildman–Crippen MR) is 78.0 cm³/mol. The largest absolute Gasteiger partial charge is 0.496 e. The van der Waals surface area contributed by atoms with E-state index in [9.17, 15) is 4.79 Å². The van der Waals surface area contributed by atoms with Crippen molar-refractivity contribution in [2.75, 3.05) is 14.2 Å². The molecule has 2 aromatic carbocycles. The molecular formula is C15H13ClO5. The number of ether oxygens (including phenoxy) is 3. The van der Waals surface area contributed by atoms with Crippen LogP contribution in [0.1, 0.15) is 10.4 Å². The van der Waals surface area contributed by atoms with Crippen LogP contribution in [0.2, 0.25) is 5.02 Å². The second-order valence-corrected chi connectivity index (χ2v) is 4.50. The smallest absolute Gasteiger partial charge is 0.339 e. The molecule has 0 bridgehead atoms. The molecule has 0 aromatic heterocycles. The van der Waals surface area contributed by atoms with E-state index in [1.807, 2.05) is 0 Å². The number of hydrogen-bond acceptors (Lipinski definition) is 4. The van der Waals surface area contributed by atoms with Crippen molar-refractivity contribution >= 4 is 17.6 Å². The lowest BCUT2D eigenvalue weighted by Crippen LogP contribution is -2.00. The van der Waals surface area contributed by atoms with Crippen LogP contribution in [0.3, 0.4) is 0 Å². The molecule has 2 aromatic rings. The number of aromatic carboxylic acids is 1. The molecule has 0 atom stereocenters. The molecule has 2 rings (SSSR count). The fourth-order valence-corrected chi connectivity index (χ4v) is 1.93. The molecule has 110 valence electrons. The van der Waals surface area contributed by atoms with Crippen molar-refractivity contribution in [2.24, 2.45) is 0 Å². The Morgan fingerprint density at radius 3 is 2.33 bits per heavy atom. The van der Waals surface area contributed by atoms with Crippen molar-refractivity contribution in [3.63, 3.8) is 0 Å². The van der Waals surface area contributed by atoms with E-state index in [-0.39, 0.29) is 11.3 Å². The average molecular weight is 309 g/mol. The number of hydrogen-bond donors (Lipinski definition) is 1. The third-order valence-corrected chi connectivity index (χ3v) is 2.99. The molecule has 5 nitrogen and oxygen atoms in total. The maximum absolute atomic E-state index is 11.0. The maximum Gasteiger partial charge on any atom is 0.339 e. The van der Waals surface area contributed by atoms with E-state index in [0.29, 0.717) is 22.3 Å². The van der Waals surface area contributed by atoms with Crippen molar-refractivity contribution in [1.29, 1.82) is 0 Å². The summed E-state index contributed by atoms with van der Waals surface area (Å²) in [5.41, 5.74) is 0.0629. The van der Waals surface area contributed by atoms with E-state index in [2.05, 4.69) is 0 Å². The minimum absolute atomic E-state index is 0.0629. The van der Waals surface area contributed by atoms with Crippen LogP contribution in [0, 0.1) is 0 Å². The fraction of sp³-hybridized carbons (Fsp3) is 0.133. The van der Waals surface area contributed by atoms with E-state index in [1.165, 1.54) is 26.4 Å². The highest BCUT2D eigenvalue weighted by Gasteiger charge is 2.13. The van der Waals surface area contributed by atoms with Crippen molar-refractivity contribution in [3.8, 4) is 23.0 Å². The molecule has 0 unspecified atom stereocenters. The van der Waals surface area contributed by atoms with Gasteiger partial charge < -0.3 is 19.3 Å². The van der Waals surface area contributed by atoms with Crippen LogP contribution in [-0.4, -0.2) is 25.3 Å². The molecule has 21 heavy (non-hydrogen) atoms. The van der Waals surface area contributed by atoms with Gasteiger partial charge in [-0.1, -0.05) is 11.6 Å². The molecule has 0 saturated heterocycles. The highest BCUT2D eigenvalue weighted by Crippen LogP contribution is 2.35. The predicted octanol–water partition coefficient (Wildman–Crippen LogP) is 3.85. The molecule has 0 aliphatic rings. The van der Waals surface area contributed by atoms with Gasteiger partial charge in [-0.25, -0.2) is 4.79 Å². The summed E-state index contributed by atoms with van der Waals surface area (Å²) in [5, 5.41) is 9.56. The van der Waals surface area contributed by atoms with Crippen molar-refractivity contribution in [1.82, 2.24) is 0 Å². The highest BCUT2D eigenvalue weighted by atomic mass is 35.5. The molecule has 0 amide bonds. The van der Waals surface area contributed by atoms with Crippen LogP contribution in [0.5, 0.6) is 23.0 Å². The average Bonchev–Trinajstić information content (AvgIpc) is 2.48. The van der Waals surface area contributed by atoms with Gasteiger partial charge in [0.15, 0.2) is 11.5 Å². The second kappa shape index (κ2) is 6.37. The van der Waals surface area contributed by atoms with Crippen LogP contribution in [-0.2, 0) is 0 Å². The number of methoxy groups -OCH3 is 2. The van der Waals surface area contributed by atoms with Crippen LogP contribution in [0.4, 0.5) is 0 Å². The van der Waals surface area contributed by atoms with Gasteiger partial charge in [0.05, 0.1) is 14.2 Å². The molecule has 0 heterocycles. The maximum atomic E-state index is 11.0. The lowest BCUT2D eigenvalue weighted by atomic mass is 10.2. The van der Waals surface area contributed by atoms with Crippen molar-refractivity contribution in [3.05, 3.63) is 47.0 Å². The van der Waals surface area contributed by atoms with Crippen LogP contribution in [0.15, 0.2) is 36.4 Å².